The molecule has 1 aromatic heterocycles. The lowest BCUT2D eigenvalue weighted by Crippen LogP contribution is -1.96. The van der Waals surface area contributed by atoms with Crippen molar-refractivity contribution in [2.45, 2.75) is 19.7 Å². The highest BCUT2D eigenvalue weighted by molar-refractivity contribution is 9.10. The number of hydrogen-bond donors (Lipinski definition) is 0. The van der Waals surface area contributed by atoms with Crippen LogP contribution in [0, 0.1) is 13.8 Å². The number of thioether (sulfide) groups is 1. The standard InChI is InChI=1S/C17H17BrN2OS/c1-11-5-4-6-12(2)17(11)21-16-7-13-9-19-20(10-22-3)15(13)8-14(16)18/h4-9H,10H2,1-3H3. The van der Waals surface area contributed by atoms with Crippen LogP contribution in [-0.4, -0.2) is 16.0 Å². The number of aryl methyl sites for hydroxylation is 2. The molecule has 5 heteroatoms. The smallest absolute Gasteiger partial charge is 0.142 e. The van der Waals surface area contributed by atoms with Crippen molar-refractivity contribution in [3.63, 3.8) is 0 Å². The van der Waals surface area contributed by atoms with Crippen LogP contribution in [0.2, 0.25) is 0 Å². The Morgan fingerprint density at radius 3 is 2.64 bits per heavy atom. The normalized spacial score (nSPS) is 11.1. The number of ether oxygens (including phenoxy) is 1. The fourth-order valence-electron chi connectivity index (χ4n) is 2.45. The summed E-state index contributed by atoms with van der Waals surface area (Å²) in [5.41, 5.74) is 3.37. The van der Waals surface area contributed by atoms with Crippen LogP contribution in [0.4, 0.5) is 0 Å². The number of nitrogens with zero attached hydrogens (tertiary/aromatic N) is 2. The molecule has 3 rings (SSSR count). The second-order valence-corrected chi connectivity index (χ2v) is 6.92. The predicted molar refractivity (Wildman–Crippen MR) is 96.9 cm³/mol. The topological polar surface area (TPSA) is 27.1 Å². The Bertz CT molecular complexity index is 809. The first kappa shape index (κ1) is 15.4. The molecule has 0 fully saturated rings. The van der Waals surface area contributed by atoms with Gasteiger partial charge in [0.2, 0.25) is 0 Å². The lowest BCUT2D eigenvalue weighted by atomic mass is 10.1. The number of aromatic nitrogens is 2. The Hall–Kier alpha value is -1.46. The summed E-state index contributed by atoms with van der Waals surface area (Å²) < 4.78 is 9.09. The molecular formula is C17H17BrN2OS. The van der Waals surface area contributed by atoms with Crippen LogP contribution in [-0.2, 0) is 5.88 Å². The second kappa shape index (κ2) is 6.34. The molecule has 22 heavy (non-hydrogen) atoms. The molecule has 0 amide bonds. The Morgan fingerprint density at radius 2 is 1.95 bits per heavy atom. The van der Waals surface area contributed by atoms with E-state index in [9.17, 15) is 0 Å². The van der Waals surface area contributed by atoms with Gasteiger partial charge in [0.05, 0.1) is 22.1 Å². The van der Waals surface area contributed by atoms with E-state index in [2.05, 4.69) is 59.3 Å². The van der Waals surface area contributed by atoms with Gasteiger partial charge in [-0.25, -0.2) is 0 Å². The number of rotatable bonds is 4. The third-order valence-electron chi connectivity index (χ3n) is 3.57. The van der Waals surface area contributed by atoms with E-state index < -0.39 is 0 Å². The van der Waals surface area contributed by atoms with Crippen LogP contribution in [0.15, 0.2) is 41.0 Å². The van der Waals surface area contributed by atoms with Crippen molar-refractivity contribution in [1.29, 1.82) is 0 Å². The number of fused-ring (bicyclic) bond motifs is 1. The molecule has 0 saturated heterocycles. The summed E-state index contributed by atoms with van der Waals surface area (Å²) in [7, 11) is 0. The van der Waals surface area contributed by atoms with Crippen LogP contribution >= 0.6 is 27.7 Å². The Kier molecular flexibility index (Phi) is 4.45. The quantitative estimate of drug-likeness (QED) is 0.598. The molecule has 0 N–H and O–H groups in total. The zero-order valence-corrected chi connectivity index (χ0v) is 15.2. The van der Waals surface area contributed by atoms with E-state index in [4.69, 9.17) is 4.74 Å². The van der Waals surface area contributed by atoms with Gasteiger partial charge in [-0.15, -0.1) is 11.8 Å². The van der Waals surface area contributed by atoms with Crippen molar-refractivity contribution in [3.05, 3.63) is 52.1 Å². The zero-order chi connectivity index (χ0) is 15.7. The molecule has 1 heterocycles. The van der Waals surface area contributed by atoms with Gasteiger partial charge >= 0.3 is 0 Å². The lowest BCUT2D eigenvalue weighted by Gasteiger charge is -2.13. The van der Waals surface area contributed by atoms with Gasteiger partial charge in [0.15, 0.2) is 0 Å². The zero-order valence-electron chi connectivity index (χ0n) is 12.8. The van der Waals surface area contributed by atoms with Gasteiger partial charge in [-0.05, 0) is 59.3 Å². The van der Waals surface area contributed by atoms with E-state index in [1.807, 2.05) is 23.0 Å². The first-order valence-electron chi connectivity index (χ1n) is 6.98. The monoisotopic (exact) mass is 376 g/mol. The van der Waals surface area contributed by atoms with Crippen molar-refractivity contribution >= 4 is 38.6 Å². The predicted octanol–water partition coefficient (Wildman–Crippen LogP) is 5.53. The van der Waals surface area contributed by atoms with E-state index in [-0.39, 0.29) is 0 Å². The molecule has 0 bridgehead atoms. The summed E-state index contributed by atoms with van der Waals surface area (Å²) in [6, 6.07) is 10.3. The van der Waals surface area contributed by atoms with Crippen LogP contribution in [0.25, 0.3) is 10.9 Å². The van der Waals surface area contributed by atoms with Gasteiger partial charge in [0.25, 0.3) is 0 Å². The van der Waals surface area contributed by atoms with Gasteiger partial charge in [-0.2, -0.15) is 5.10 Å². The highest BCUT2D eigenvalue weighted by Gasteiger charge is 2.11. The summed E-state index contributed by atoms with van der Waals surface area (Å²) >= 11 is 5.37. The summed E-state index contributed by atoms with van der Waals surface area (Å²) in [6.07, 6.45) is 3.95. The average Bonchev–Trinajstić information content (AvgIpc) is 2.86. The minimum absolute atomic E-state index is 0.814. The third kappa shape index (κ3) is 2.88. The fraction of sp³-hybridized carbons (Fsp3) is 0.235. The molecule has 0 atom stereocenters. The van der Waals surface area contributed by atoms with Gasteiger partial charge < -0.3 is 4.74 Å². The van der Waals surface area contributed by atoms with E-state index >= 15 is 0 Å². The SMILES string of the molecule is CSCn1ncc2cc(Oc3c(C)cccc3C)c(Br)cc21. The molecule has 3 nitrogen and oxygen atoms in total. The number of halogens is 1. The van der Waals surface area contributed by atoms with E-state index in [1.54, 1.807) is 11.8 Å². The van der Waals surface area contributed by atoms with Gasteiger partial charge in [0, 0.05) is 5.39 Å². The molecule has 0 aliphatic carbocycles. The Balaban J connectivity index is 2.03. The first-order valence-corrected chi connectivity index (χ1v) is 9.17. The van der Waals surface area contributed by atoms with E-state index in [0.29, 0.717) is 0 Å². The van der Waals surface area contributed by atoms with Crippen LogP contribution in [0.1, 0.15) is 11.1 Å². The summed E-state index contributed by atoms with van der Waals surface area (Å²) in [5.74, 6) is 2.57. The molecule has 0 unspecified atom stereocenters. The molecule has 0 radical (unpaired) electrons. The fourth-order valence-corrected chi connectivity index (χ4v) is 3.32. The lowest BCUT2D eigenvalue weighted by molar-refractivity contribution is 0.473. The first-order chi connectivity index (χ1) is 10.6. The highest BCUT2D eigenvalue weighted by atomic mass is 79.9. The molecule has 0 aliphatic rings. The minimum atomic E-state index is 0.814. The average molecular weight is 377 g/mol. The van der Waals surface area contributed by atoms with Crippen molar-refractivity contribution in [2.24, 2.45) is 0 Å². The maximum Gasteiger partial charge on any atom is 0.142 e. The highest BCUT2D eigenvalue weighted by Crippen LogP contribution is 2.36. The van der Waals surface area contributed by atoms with Crippen molar-refractivity contribution < 1.29 is 4.74 Å². The Morgan fingerprint density at radius 1 is 1.23 bits per heavy atom. The van der Waals surface area contributed by atoms with Gasteiger partial charge in [0.1, 0.15) is 11.5 Å². The molecule has 3 aromatic rings. The Labute approximate surface area is 142 Å². The number of benzene rings is 2. The number of para-hydroxylation sites is 1. The second-order valence-electron chi connectivity index (χ2n) is 5.23. The van der Waals surface area contributed by atoms with Crippen molar-refractivity contribution in [3.8, 4) is 11.5 Å². The summed E-state index contributed by atoms with van der Waals surface area (Å²) in [6.45, 7) is 4.12. The largest absolute Gasteiger partial charge is 0.456 e. The van der Waals surface area contributed by atoms with Crippen LogP contribution < -0.4 is 4.74 Å². The molecule has 0 spiro atoms. The molecule has 2 aromatic carbocycles. The van der Waals surface area contributed by atoms with Gasteiger partial charge in [-0.1, -0.05) is 18.2 Å². The van der Waals surface area contributed by atoms with Crippen molar-refractivity contribution in [1.82, 2.24) is 9.78 Å². The van der Waals surface area contributed by atoms with Crippen LogP contribution in [0.3, 0.4) is 0 Å². The summed E-state index contributed by atoms with van der Waals surface area (Å²) in [5, 5.41) is 5.51. The van der Waals surface area contributed by atoms with Gasteiger partial charge in [-0.3, -0.25) is 4.68 Å². The van der Waals surface area contributed by atoms with Crippen LogP contribution in [0.5, 0.6) is 11.5 Å². The minimum Gasteiger partial charge on any atom is -0.456 e. The van der Waals surface area contributed by atoms with Crippen molar-refractivity contribution in [2.75, 3.05) is 6.26 Å². The third-order valence-corrected chi connectivity index (χ3v) is 4.69. The van der Waals surface area contributed by atoms with E-state index in [0.717, 1.165) is 43.9 Å². The molecule has 0 aliphatic heterocycles. The summed E-state index contributed by atoms with van der Waals surface area (Å²) in [4.78, 5) is 0. The van der Waals surface area contributed by atoms with E-state index in [1.165, 1.54) is 0 Å². The maximum atomic E-state index is 6.16. The molecule has 114 valence electrons. The maximum absolute atomic E-state index is 6.16. The molecular weight excluding hydrogens is 360 g/mol. The number of hydrogen-bond acceptors (Lipinski definition) is 3. The molecule has 0 saturated carbocycles.